The highest BCUT2D eigenvalue weighted by molar-refractivity contribution is 5.92. The largest absolute Gasteiger partial charge is 0.573 e. The minimum absolute atomic E-state index is 0.331. The molecule has 1 aromatic carbocycles. The van der Waals surface area contributed by atoms with E-state index in [0.717, 1.165) is 34.6 Å². The van der Waals surface area contributed by atoms with Crippen LogP contribution in [-0.4, -0.2) is 68.2 Å². The first-order valence-electron chi connectivity index (χ1n) is 10.7. The lowest BCUT2D eigenvalue weighted by molar-refractivity contribution is -0.274. The van der Waals surface area contributed by atoms with Crippen LogP contribution in [0.3, 0.4) is 0 Å². The Morgan fingerprint density at radius 3 is 2.51 bits per heavy atom. The van der Waals surface area contributed by atoms with Crippen LogP contribution in [0.5, 0.6) is 5.75 Å². The fourth-order valence-corrected chi connectivity index (χ4v) is 3.96. The number of halogens is 3. The first kappa shape index (κ1) is 22.5. The number of aromatic amines is 1. The maximum Gasteiger partial charge on any atom is 0.573 e. The van der Waals surface area contributed by atoms with Gasteiger partial charge in [0.1, 0.15) is 23.5 Å². The van der Waals surface area contributed by atoms with Crippen LogP contribution in [-0.2, 0) is 7.05 Å². The highest BCUT2D eigenvalue weighted by Crippen LogP contribution is 2.29. The van der Waals surface area contributed by atoms with E-state index >= 15 is 0 Å². The number of amides is 2. The van der Waals surface area contributed by atoms with Gasteiger partial charge in [0, 0.05) is 50.7 Å². The average molecular weight is 486 g/mol. The average Bonchev–Trinajstić information content (AvgIpc) is 3.45. The van der Waals surface area contributed by atoms with E-state index in [9.17, 15) is 18.0 Å². The fourth-order valence-electron chi connectivity index (χ4n) is 3.96. The molecule has 35 heavy (non-hydrogen) atoms. The zero-order valence-electron chi connectivity index (χ0n) is 18.6. The van der Waals surface area contributed by atoms with Crippen molar-refractivity contribution in [3.05, 3.63) is 49.1 Å². The molecule has 1 fully saturated rings. The zero-order chi connectivity index (χ0) is 24.6. The predicted molar refractivity (Wildman–Crippen MR) is 122 cm³/mol. The lowest BCUT2D eigenvalue weighted by Crippen LogP contribution is -2.50. The monoisotopic (exact) mass is 486 g/mol. The summed E-state index contributed by atoms with van der Waals surface area (Å²) in [7, 11) is 1.85. The zero-order valence-corrected chi connectivity index (χ0v) is 18.6. The Morgan fingerprint density at radius 1 is 1.11 bits per heavy atom. The number of rotatable bonds is 4. The van der Waals surface area contributed by atoms with Crippen molar-refractivity contribution in [2.75, 3.05) is 36.4 Å². The number of benzene rings is 1. The second kappa shape index (κ2) is 8.81. The molecule has 10 nitrogen and oxygen atoms in total. The molecule has 0 radical (unpaired) electrons. The molecule has 0 atom stereocenters. The van der Waals surface area contributed by atoms with Crippen LogP contribution >= 0.6 is 0 Å². The Labute approximate surface area is 197 Å². The fraction of sp³-hybridized carbons (Fsp3) is 0.273. The topological polar surface area (TPSA) is 104 Å². The molecule has 1 saturated heterocycles. The van der Waals surface area contributed by atoms with Gasteiger partial charge in [-0.05, 0) is 30.3 Å². The molecule has 0 unspecified atom stereocenters. The number of nitrogens with one attached hydrogen (secondary N) is 2. The van der Waals surface area contributed by atoms with Gasteiger partial charge in [-0.2, -0.15) is 5.10 Å². The smallest absolute Gasteiger partial charge is 0.406 e. The molecule has 182 valence electrons. The van der Waals surface area contributed by atoms with E-state index in [1.807, 2.05) is 19.3 Å². The first-order chi connectivity index (χ1) is 16.7. The third kappa shape index (κ3) is 4.98. The summed E-state index contributed by atoms with van der Waals surface area (Å²) in [5.74, 6) is 0.429. The summed E-state index contributed by atoms with van der Waals surface area (Å²) in [5, 5.41) is 7.79. The number of aryl methyl sites for hydroxylation is 1. The van der Waals surface area contributed by atoms with Crippen LogP contribution in [0.25, 0.3) is 22.3 Å². The number of nitrogens with zero attached hydrogens (tertiary/aromatic N) is 6. The molecule has 0 bridgehead atoms. The molecule has 0 aliphatic carbocycles. The molecule has 3 aromatic heterocycles. The SMILES string of the molecule is Cn1cc(-c2cc3c(N4CCN(C(=O)Nc5ccc(OC(F)(F)F)cc5)CC4)ncnc3[nH]2)cn1. The summed E-state index contributed by atoms with van der Waals surface area (Å²) in [6.45, 7) is 2.02. The van der Waals surface area contributed by atoms with Crippen LogP contribution in [0, 0.1) is 0 Å². The van der Waals surface area contributed by atoms with Crippen molar-refractivity contribution in [3.8, 4) is 17.0 Å². The number of hydrogen-bond acceptors (Lipinski definition) is 6. The van der Waals surface area contributed by atoms with Crippen molar-refractivity contribution in [2.24, 2.45) is 7.05 Å². The predicted octanol–water partition coefficient (Wildman–Crippen LogP) is 3.61. The van der Waals surface area contributed by atoms with Gasteiger partial charge >= 0.3 is 12.4 Å². The van der Waals surface area contributed by atoms with Gasteiger partial charge in [0.05, 0.1) is 17.3 Å². The van der Waals surface area contributed by atoms with E-state index in [2.05, 4.69) is 35.0 Å². The maximum absolute atomic E-state index is 12.6. The van der Waals surface area contributed by atoms with E-state index < -0.39 is 6.36 Å². The summed E-state index contributed by atoms with van der Waals surface area (Å²) >= 11 is 0. The van der Waals surface area contributed by atoms with Crippen LogP contribution in [0.2, 0.25) is 0 Å². The van der Waals surface area contributed by atoms with Crippen LogP contribution in [0.15, 0.2) is 49.1 Å². The van der Waals surface area contributed by atoms with E-state index in [1.165, 1.54) is 18.5 Å². The number of hydrogen-bond donors (Lipinski definition) is 2. The van der Waals surface area contributed by atoms with Crippen molar-refractivity contribution < 1.29 is 22.7 Å². The van der Waals surface area contributed by atoms with Gasteiger partial charge in [-0.25, -0.2) is 14.8 Å². The molecule has 0 spiro atoms. The molecule has 13 heteroatoms. The van der Waals surface area contributed by atoms with E-state index in [4.69, 9.17) is 0 Å². The number of urea groups is 1. The number of aromatic nitrogens is 5. The lowest BCUT2D eigenvalue weighted by Gasteiger charge is -2.35. The van der Waals surface area contributed by atoms with E-state index in [-0.39, 0.29) is 11.8 Å². The van der Waals surface area contributed by atoms with Crippen molar-refractivity contribution in [2.45, 2.75) is 6.36 Å². The second-order valence-corrected chi connectivity index (χ2v) is 8.02. The van der Waals surface area contributed by atoms with Gasteiger partial charge in [0.15, 0.2) is 0 Å². The molecule has 0 saturated carbocycles. The minimum atomic E-state index is -4.76. The first-order valence-corrected chi connectivity index (χ1v) is 10.7. The molecule has 1 aliphatic heterocycles. The van der Waals surface area contributed by atoms with Gasteiger partial charge in [-0.1, -0.05) is 0 Å². The number of ether oxygens (including phenoxy) is 1. The van der Waals surface area contributed by atoms with Crippen molar-refractivity contribution in [1.82, 2.24) is 29.6 Å². The van der Waals surface area contributed by atoms with Gasteiger partial charge in [0.2, 0.25) is 0 Å². The van der Waals surface area contributed by atoms with Crippen LogP contribution in [0.4, 0.5) is 29.5 Å². The number of carbonyl (C=O) groups is 1. The molecular formula is C22H21F3N8O2. The third-order valence-corrected chi connectivity index (χ3v) is 5.63. The van der Waals surface area contributed by atoms with Gasteiger partial charge in [-0.15, -0.1) is 13.2 Å². The molecule has 1 aliphatic rings. The number of fused-ring (bicyclic) bond motifs is 1. The Bertz CT molecular complexity index is 1340. The Hall–Kier alpha value is -4.29. The number of piperazine rings is 1. The second-order valence-electron chi connectivity index (χ2n) is 8.02. The molecular weight excluding hydrogens is 465 g/mol. The third-order valence-electron chi connectivity index (χ3n) is 5.63. The summed E-state index contributed by atoms with van der Waals surface area (Å²) < 4.78 is 42.5. The quantitative estimate of drug-likeness (QED) is 0.457. The summed E-state index contributed by atoms with van der Waals surface area (Å²) in [5.41, 5.74) is 2.92. The summed E-state index contributed by atoms with van der Waals surface area (Å²) in [4.78, 5) is 28.5. The molecule has 2 N–H and O–H groups in total. The minimum Gasteiger partial charge on any atom is -0.406 e. The number of anilines is 2. The summed E-state index contributed by atoms with van der Waals surface area (Å²) in [6, 6.07) is 6.68. The van der Waals surface area contributed by atoms with Crippen molar-refractivity contribution in [3.63, 3.8) is 0 Å². The van der Waals surface area contributed by atoms with E-state index in [0.29, 0.717) is 37.5 Å². The van der Waals surface area contributed by atoms with Crippen LogP contribution < -0.4 is 15.0 Å². The lowest BCUT2D eigenvalue weighted by atomic mass is 10.2. The van der Waals surface area contributed by atoms with Crippen LogP contribution in [0.1, 0.15) is 0 Å². The maximum atomic E-state index is 12.6. The number of carbonyl (C=O) groups excluding carboxylic acids is 1. The van der Waals surface area contributed by atoms with Crippen molar-refractivity contribution >= 4 is 28.6 Å². The standard InChI is InChI=1S/C22H21F3N8O2/c1-31-12-14(11-28-31)18-10-17-19(30-18)26-13-27-20(17)32-6-8-33(9-7-32)21(34)29-15-2-4-16(5-3-15)35-22(23,24)25/h2-5,10-13H,6-9H2,1H3,(H,29,34)(H,26,27,30). The number of alkyl halides is 3. The Balaban J connectivity index is 1.22. The highest BCUT2D eigenvalue weighted by Gasteiger charge is 2.31. The van der Waals surface area contributed by atoms with Gasteiger partial charge in [-0.3, -0.25) is 4.68 Å². The van der Waals surface area contributed by atoms with Crippen molar-refractivity contribution in [1.29, 1.82) is 0 Å². The molecule has 4 aromatic rings. The molecule has 5 rings (SSSR count). The normalized spacial score (nSPS) is 14.4. The summed E-state index contributed by atoms with van der Waals surface area (Å²) in [6.07, 6.45) is 0.422. The molecule has 2 amide bonds. The Morgan fingerprint density at radius 2 is 1.86 bits per heavy atom. The van der Waals surface area contributed by atoms with Gasteiger partial charge in [0.25, 0.3) is 0 Å². The number of H-pyrrole nitrogens is 1. The molecule has 4 heterocycles. The Kier molecular flexibility index (Phi) is 5.67. The van der Waals surface area contributed by atoms with E-state index in [1.54, 1.807) is 15.8 Å². The van der Waals surface area contributed by atoms with Gasteiger partial charge < -0.3 is 24.8 Å². The highest BCUT2D eigenvalue weighted by atomic mass is 19.4.